The van der Waals surface area contributed by atoms with Gasteiger partial charge in [0.15, 0.2) is 5.78 Å². The second-order valence-corrected chi connectivity index (χ2v) is 9.16. The number of ketones is 1. The van der Waals surface area contributed by atoms with E-state index in [1.807, 2.05) is 49.4 Å². The van der Waals surface area contributed by atoms with E-state index in [1.165, 1.54) is 6.42 Å². The number of nitrogens with two attached hydrogens (primary N) is 1. The smallest absolute Gasteiger partial charge is 0.411 e. The number of rotatable bonds is 6. The minimum absolute atomic E-state index is 0.0349. The van der Waals surface area contributed by atoms with Gasteiger partial charge in [0.1, 0.15) is 6.10 Å². The van der Waals surface area contributed by atoms with Crippen LogP contribution in [0.25, 0.3) is 22.2 Å². The van der Waals surface area contributed by atoms with E-state index in [2.05, 4.69) is 9.88 Å². The summed E-state index contributed by atoms with van der Waals surface area (Å²) in [6, 6.07) is 13.8. The first-order valence-electron chi connectivity index (χ1n) is 11.4. The summed E-state index contributed by atoms with van der Waals surface area (Å²) >= 11 is 0. The second-order valence-electron chi connectivity index (χ2n) is 9.16. The number of ether oxygens (including phenoxy) is 1. The topological polar surface area (TPSA) is 86.4 Å². The zero-order chi connectivity index (χ0) is 22.4. The van der Waals surface area contributed by atoms with Crippen molar-refractivity contribution in [2.24, 2.45) is 5.92 Å². The van der Waals surface area contributed by atoms with Gasteiger partial charge < -0.3 is 15.0 Å². The van der Waals surface area contributed by atoms with Crippen molar-refractivity contribution in [1.29, 1.82) is 0 Å². The first kappa shape index (κ1) is 20.6. The van der Waals surface area contributed by atoms with Gasteiger partial charge in [-0.25, -0.2) is 4.79 Å². The van der Waals surface area contributed by atoms with Crippen molar-refractivity contribution in [3.8, 4) is 11.3 Å². The highest BCUT2D eigenvalue weighted by Crippen LogP contribution is 2.43. The zero-order valence-electron chi connectivity index (χ0n) is 18.6. The number of aromatic nitrogens is 1. The van der Waals surface area contributed by atoms with Crippen molar-refractivity contribution in [1.82, 2.24) is 4.57 Å². The molecule has 3 aromatic rings. The van der Waals surface area contributed by atoms with Crippen LogP contribution in [-0.4, -0.2) is 22.5 Å². The number of amides is 1. The summed E-state index contributed by atoms with van der Waals surface area (Å²) in [7, 11) is 0. The third-order valence-corrected chi connectivity index (χ3v) is 6.80. The molecule has 0 bridgehead atoms. The fourth-order valence-corrected chi connectivity index (χ4v) is 4.68. The highest BCUT2D eigenvalue weighted by molar-refractivity contribution is 6.13. The second kappa shape index (κ2) is 8.01. The highest BCUT2D eigenvalue weighted by atomic mass is 16.6. The van der Waals surface area contributed by atoms with Crippen LogP contribution in [0.3, 0.4) is 0 Å². The molecule has 1 atom stereocenters. The molecular weight excluding hydrogens is 402 g/mol. The molecule has 2 fully saturated rings. The van der Waals surface area contributed by atoms with Gasteiger partial charge in [-0.05, 0) is 81.7 Å². The van der Waals surface area contributed by atoms with Crippen LogP contribution in [0.2, 0.25) is 0 Å². The molecule has 2 saturated carbocycles. The molecule has 1 aromatic heterocycles. The number of Topliss-reactive ketones (excluding diaryl/α,β-unsaturated/α-hetero) is 1. The molecule has 1 heterocycles. The lowest BCUT2D eigenvalue weighted by molar-refractivity contribution is 0.101. The van der Waals surface area contributed by atoms with Crippen LogP contribution in [0, 0.1) is 5.92 Å². The predicted octanol–water partition coefficient (Wildman–Crippen LogP) is 6.17. The summed E-state index contributed by atoms with van der Waals surface area (Å²) in [5, 5.41) is 3.75. The molecule has 1 unspecified atom stereocenters. The minimum Gasteiger partial charge on any atom is -0.446 e. The van der Waals surface area contributed by atoms with E-state index in [0.29, 0.717) is 23.3 Å². The standard InChI is InChI=1S/C26H29N3O3/c1-15(30)24-22-13-10-19(27)14-23(22)29(21-4-3-5-21)25(24)18-8-11-20(12-9-18)28-26(31)32-16(2)17-6-7-17/h8-14,16-17,21H,3-7,27H2,1-2H3,(H,28,31). The normalized spacial score (nSPS) is 17.1. The van der Waals surface area contributed by atoms with Crippen LogP contribution in [-0.2, 0) is 4.74 Å². The lowest BCUT2D eigenvalue weighted by Gasteiger charge is -2.30. The monoisotopic (exact) mass is 431 g/mol. The summed E-state index contributed by atoms with van der Waals surface area (Å²) in [4.78, 5) is 24.9. The Balaban J connectivity index is 1.50. The molecule has 6 heteroatoms. The van der Waals surface area contributed by atoms with Crippen molar-refractivity contribution >= 4 is 34.2 Å². The summed E-state index contributed by atoms with van der Waals surface area (Å²) in [5.41, 5.74) is 11.1. The van der Waals surface area contributed by atoms with Crippen molar-refractivity contribution < 1.29 is 14.3 Å². The number of benzene rings is 2. The molecular formula is C26H29N3O3. The van der Waals surface area contributed by atoms with Gasteiger partial charge in [-0.1, -0.05) is 18.2 Å². The molecule has 0 saturated heterocycles. The predicted molar refractivity (Wildman–Crippen MR) is 127 cm³/mol. The SMILES string of the molecule is CC(=O)c1c(-c2ccc(NC(=O)OC(C)C3CC3)cc2)n(C2CCC2)c2cc(N)ccc12. The van der Waals surface area contributed by atoms with Crippen LogP contribution in [0.1, 0.15) is 62.4 Å². The van der Waals surface area contributed by atoms with Gasteiger partial charge >= 0.3 is 6.09 Å². The van der Waals surface area contributed by atoms with Gasteiger partial charge in [0.05, 0.1) is 16.8 Å². The summed E-state index contributed by atoms with van der Waals surface area (Å²) in [6.07, 6.45) is 5.14. The summed E-state index contributed by atoms with van der Waals surface area (Å²) < 4.78 is 7.75. The maximum Gasteiger partial charge on any atom is 0.411 e. The van der Waals surface area contributed by atoms with E-state index < -0.39 is 6.09 Å². The first-order chi connectivity index (χ1) is 15.4. The Bertz CT molecular complexity index is 1190. The minimum atomic E-state index is -0.430. The lowest BCUT2D eigenvalue weighted by Crippen LogP contribution is -2.21. The quantitative estimate of drug-likeness (QED) is 0.361. The molecule has 1 amide bonds. The molecule has 0 radical (unpaired) electrons. The average Bonchev–Trinajstić information content (AvgIpc) is 3.51. The molecule has 0 spiro atoms. The number of hydrogen-bond donors (Lipinski definition) is 2. The Hall–Kier alpha value is -3.28. The number of hydrogen-bond acceptors (Lipinski definition) is 4. The number of nitrogen functional groups attached to an aromatic ring is 1. The molecule has 6 nitrogen and oxygen atoms in total. The molecule has 2 aromatic carbocycles. The van der Waals surface area contributed by atoms with Crippen LogP contribution < -0.4 is 11.1 Å². The molecule has 2 aliphatic rings. The Kier molecular flexibility index (Phi) is 5.16. The Morgan fingerprint density at radius 2 is 1.81 bits per heavy atom. The first-order valence-corrected chi connectivity index (χ1v) is 11.4. The summed E-state index contributed by atoms with van der Waals surface area (Å²) in [6.45, 7) is 3.56. The fourth-order valence-electron chi connectivity index (χ4n) is 4.68. The van der Waals surface area contributed by atoms with E-state index in [4.69, 9.17) is 10.5 Å². The van der Waals surface area contributed by atoms with E-state index in [1.54, 1.807) is 6.92 Å². The maximum atomic E-state index is 12.7. The van der Waals surface area contributed by atoms with Gasteiger partial charge in [-0.2, -0.15) is 0 Å². The Morgan fingerprint density at radius 3 is 2.41 bits per heavy atom. The van der Waals surface area contributed by atoms with Crippen molar-refractivity contribution in [2.45, 2.75) is 58.1 Å². The molecule has 3 N–H and O–H groups in total. The summed E-state index contributed by atoms with van der Waals surface area (Å²) in [5.74, 6) is 0.531. The van der Waals surface area contributed by atoms with Crippen molar-refractivity contribution in [2.75, 3.05) is 11.1 Å². The third kappa shape index (κ3) is 3.74. The van der Waals surface area contributed by atoms with E-state index in [-0.39, 0.29) is 11.9 Å². The Morgan fingerprint density at radius 1 is 1.09 bits per heavy atom. The van der Waals surface area contributed by atoms with Gasteiger partial charge in [-0.3, -0.25) is 10.1 Å². The molecule has 32 heavy (non-hydrogen) atoms. The number of carbonyl (C=O) groups is 2. The van der Waals surface area contributed by atoms with Crippen molar-refractivity contribution in [3.05, 3.63) is 48.0 Å². The van der Waals surface area contributed by atoms with Crippen LogP contribution in [0.5, 0.6) is 0 Å². The fraction of sp³-hybridized carbons (Fsp3) is 0.385. The largest absolute Gasteiger partial charge is 0.446 e. The lowest BCUT2D eigenvalue weighted by atomic mass is 9.92. The number of nitrogens with one attached hydrogen (secondary N) is 1. The van der Waals surface area contributed by atoms with E-state index in [0.717, 1.165) is 53.4 Å². The Labute approximate surface area is 187 Å². The van der Waals surface area contributed by atoms with Crippen LogP contribution in [0.15, 0.2) is 42.5 Å². The number of fused-ring (bicyclic) bond motifs is 1. The van der Waals surface area contributed by atoms with Crippen molar-refractivity contribution in [3.63, 3.8) is 0 Å². The molecule has 2 aliphatic carbocycles. The highest BCUT2D eigenvalue weighted by Gasteiger charge is 2.31. The van der Waals surface area contributed by atoms with Crippen LogP contribution in [0.4, 0.5) is 16.2 Å². The molecule has 0 aliphatic heterocycles. The van der Waals surface area contributed by atoms with Gasteiger partial charge in [0.2, 0.25) is 0 Å². The third-order valence-electron chi connectivity index (χ3n) is 6.80. The maximum absolute atomic E-state index is 12.7. The number of nitrogens with zero attached hydrogens (tertiary/aromatic N) is 1. The van der Waals surface area contributed by atoms with E-state index in [9.17, 15) is 9.59 Å². The van der Waals surface area contributed by atoms with Gasteiger partial charge in [-0.15, -0.1) is 0 Å². The average molecular weight is 432 g/mol. The number of carbonyl (C=O) groups excluding carboxylic acids is 2. The van der Waals surface area contributed by atoms with Crippen LogP contribution >= 0.6 is 0 Å². The number of anilines is 2. The van der Waals surface area contributed by atoms with E-state index >= 15 is 0 Å². The van der Waals surface area contributed by atoms with Gasteiger partial charge in [0, 0.05) is 22.8 Å². The van der Waals surface area contributed by atoms with Gasteiger partial charge in [0.25, 0.3) is 0 Å². The molecule has 5 rings (SSSR count). The molecule has 166 valence electrons. The zero-order valence-corrected chi connectivity index (χ0v) is 18.6.